The molecule has 0 aliphatic carbocycles. The molecule has 0 radical (unpaired) electrons. The lowest BCUT2D eigenvalue weighted by Gasteiger charge is -2.14. The van der Waals surface area contributed by atoms with Gasteiger partial charge in [-0.1, -0.05) is 54.2 Å². The highest BCUT2D eigenvalue weighted by Gasteiger charge is 2.18. The zero-order valence-corrected chi connectivity index (χ0v) is 17.1. The molecule has 3 aromatic carbocycles. The number of nitrogens with zero attached hydrogens (tertiary/aromatic N) is 2. The highest BCUT2D eigenvalue weighted by Crippen LogP contribution is 2.20. The predicted molar refractivity (Wildman–Crippen MR) is 118 cm³/mol. The third-order valence-corrected chi connectivity index (χ3v) is 5.33. The highest BCUT2D eigenvalue weighted by atomic mass is 32.2. The van der Waals surface area contributed by atoms with Crippen LogP contribution in [0.5, 0.6) is 0 Å². The first kappa shape index (κ1) is 19.8. The van der Waals surface area contributed by atoms with Gasteiger partial charge in [0.2, 0.25) is 0 Å². The van der Waals surface area contributed by atoms with E-state index >= 15 is 0 Å². The summed E-state index contributed by atoms with van der Waals surface area (Å²) in [5.74, 6) is -0.828. The number of hydrogen-bond donors (Lipinski definition) is 1. The molecule has 0 saturated heterocycles. The molecule has 150 valence electrons. The fourth-order valence-electron chi connectivity index (χ4n) is 2.94. The summed E-state index contributed by atoms with van der Waals surface area (Å²) in [5.41, 5.74) is 2.21. The Morgan fingerprint density at radius 2 is 1.73 bits per heavy atom. The number of nitrogens with one attached hydrogen (secondary N) is 1. The Bertz CT molecular complexity index is 1230. The van der Waals surface area contributed by atoms with Crippen LogP contribution in [-0.2, 0) is 14.3 Å². The van der Waals surface area contributed by atoms with Crippen LogP contribution in [0, 0.1) is 0 Å². The number of hydrogen-bond acceptors (Lipinski definition) is 6. The molecule has 0 fully saturated rings. The van der Waals surface area contributed by atoms with E-state index in [1.54, 1.807) is 13.1 Å². The van der Waals surface area contributed by atoms with Crippen LogP contribution in [0.2, 0.25) is 0 Å². The summed E-state index contributed by atoms with van der Waals surface area (Å²) >= 11 is 1.22. The van der Waals surface area contributed by atoms with Gasteiger partial charge >= 0.3 is 5.97 Å². The summed E-state index contributed by atoms with van der Waals surface area (Å²) in [7, 11) is 0. The van der Waals surface area contributed by atoms with Gasteiger partial charge in [-0.25, -0.2) is 4.98 Å². The van der Waals surface area contributed by atoms with Crippen LogP contribution >= 0.6 is 11.8 Å². The summed E-state index contributed by atoms with van der Waals surface area (Å²) < 4.78 is 5.26. The molecule has 1 amide bonds. The number of thioether (sulfide) groups is 1. The molecular weight excluding hydrogens is 398 g/mol. The number of esters is 1. The van der Waals surface area contributed by atoms with E-state index in [4.69, 9.17) is 4.74 Å². The van der Waals surface area contributed by atoms with Crippen molar-refractivity contribution in [2.24, 2.45) is 0 Å². The minimum absolute atomic E-state index is 0.0423. The number of aromatic nitrogens is 2. The van der Waals surface area contributed by atoms with Crippen molar-refractivity contribution in [3.05, 3.63) is 72.9 Å². The van der Waals surface area contributed by atoms with E-state index in [2.05, 4.69) is 15.3 Å². The molecule has 6 nitrogen and oxygen atoms in total. The van der Waals surface area contributed by atoms with Gasteiger partial charge in [0.05, 0.1) is 23.0 Å². The Kier molecular flexibility index (Phi) is 5.90. The maximum Gasteiger partial charge on any atom is 0.317 e. The molecule has 0 bridgehead atoms. The van der Waals surface area contributed by atoms with Gasteiger partial charge in [-0.15, -0.1) is 0 Å². The lowest BCUT2D eigenvalue weighted by atomic mass is 10.1. The van der Waals surface area contributed by atoms with Gasteiger partial charge in [-0.2, -0.15) is 0 Å². The molecule has 0 saturated carbocycles. The van der Waals surface area contributed by atoms with Crippen LogP contribution in [-0.4, -0.2) is 33.7 Å². The molecule has 1 N–H and O–H groups in total. The summed E-state index contributed by atoms with van der Waals surface area (Å²) in [4.78, 5) is 33.3. The van der Waals surface area contributed by atoms with Crippen LogP contribution in [0.3, 0.4) is 0 Å². The Hall–Kier alpha value is -3.45. The monoisotopic (exact) mass is 417 g/mol. The van der Waals surface area contributed by atoms with Gasteiger partial charge < -0.3 is 10.1 Å². The van der Waals surface area contributed by atoms with E-state index in [-0.39, 0.29) is 11.7 Å². The number of ether oxygens (including phenoxy) is 1. The topological polar surface area (TPSA) is 81.2 Å². The van der Waals surface area contributed by atoms with Crippen molar-refractivity contribution < 1.29 is 14.3 Å². The van der Waals surface area contributed by atoms with Crippen molar-refractivity contribution in [2.75, 3.05) is 11.1 Å². The minimum atomic E-state index is -0.910. The number of carbonyl (C=O) groups is 2. The fraction of sp³-hybridized carbons (Fsp3) is 0.130. The molecule has 7 heteroatoms. The number of amides is 1. The van der Waals surface area contributed by atoms with Gasteiger partial charge in [-0.05, 0) is 42.0 Å². The zero-order valence-electron chi connectivity index (χ0n) is 16.2. The molecule has 1 heterocycles. The molecule has 30 heavy (non-hydrogen) atoms. The van der Waals surface area contributed by atoms with Crippen molar-refractivity contribution >= 4 is 51.1 Å². The number of benzene rings is 3. The average molecular weight is 417 g/mol. The van der Waals surface area contributed by atoms with Crippen molar-refractivity contribution in [2.45, 2.75) is 18.1 Å². The first-order chi connectivity index (χ1) is 14.6. The maximum absolute atomic E-state index is 12.4. The standard InChI is InChI=1S/C23H19N3O3S/c1-15(23(28)25-18-11-10-16-6-2-3-7-17(16)12-18)29-22(27)14-30-21-13-24-19-8-4-5-9-20(19)26-21/h2-13,15H,14H2,1H3,(H,25,28). The number of anilines is 1. The van der Waals surface area contributed by atoms with Gasteiger partial charge in [0.1, 0.15) is 5.03 Å². The Labute approximate surface area is 177 Å². The first-order valence-electron chi connectivity index (χ1n) is 9.42. The van der Waals surface area contributed by atoms with Crippen molar-refractivity contribution in [1.29, 1.82) is 0 Å². The molecule has 4 aromatic rings. The highest BCUT2D eigenvalue weighted by molar-refractivity contribution is 7.99. The van der Waals surface area contributed by atoms with E-state index in [9.17, 15) is 9.59 Å². The van der Waals surface area contributed by atoms with Crippen LogP contribution in [0.1, 0.15) is 6.92 Å². The summed E-state index contributed by atoms with van der Waals surface area (Å²) in [6, 6.07) is 21.0. The Balaban J connectivity index is 1.31. The molecule has 0 aliphatic heterocycles. The normalized spacial score (nSPS) is 11.9. The van der Waals surface area contributed by atoms with Gasteiger partial charge in [-0.3, -0.25) is 14.6 Å². The smallest absolute Gasteiger partial charge is 0.317 e. The lowest BCUT2D eigenvalue weighted by Crippen LogP contribution is -2.30. The first-order valence-corrected chi connectivity index (χ1v) is 10.4. The largest absolute Gasteiger partial charge is 0.452 e. The number of carbonyl (C=O) groups excluding carboxylic acids is 2. The van der Waals surface area contributed by atoms with E-state index in [0.29, 0.717) is 10.7 Å². The van der Waals surface area contributed by atoms with Crippen molar-refractivity contribution in [1.82, 2.24) is 9.97 Å². The Morgan fingerprint density at radius 3 is 2.57 bits per heavy atom. The van der Waals surface area contributed by atoms with Crippen molar-refractivity contribution in [3.8, 4) is 0 Å². The second-order valence-corrected chi connectivity index (χ2v) is 7.66. The summed E-state index contributed by atoms with van der Waals surface area (Å²) in [6.45, 7) is 1.55. The van der Waals surface area contributed by atoms with Crippen LogP contribution in [0.4, 0.5) is 5.69 Å². The third-order valence-electron chi connectivity index (χ3n) is 4.46. The molecule has 1 aromatic heterocycles. The summed E-state index contributed by atoms with van der Waals surface area (Å²) in [5, 5.41) is 5.52. The average Bonchev–Trinajstić information content (AvgIpc) is 2.77. The van der Waals surface area contributed by atoms with Gasteiger partial charge in [0, 0.05) is 5.69 Å². The fourth-order valence-corrected chi connectivity index (χ4v) is 3.56. The van der Waals surface area contributed by atoms with Crippen LogP contribution in [0.15, 0.2) is 78.0 Å². The maximum atomic E-state index is 12.4. The quantitative estimate of drug-likeness (QED) is 0.369. The minimum Gasteiger partial charge on any atom is -0.452 e. The number of rotatable bonds is 6. The lowest BCUT2D eigenvalue weighted by molar-refractivity contribution is -0.150. The predicted octanol–water partition coefficient (Wildman–Crippen LogP) is 4.45. The molecule has 0 aliphatic rings. The van der Waals surface area contributed by atoms with Gasteiger partial charge in [0.15, 0.2) is 6.10 Å². The molecule has 1 unspecified atom stereocenters. The third kappa shape index (κ3) is 4.75. The number of fused-ring (bicyclic) bond motifs is 2. The number of para-hydroxylation sites is 2. The van der Waals surface area contributed by atoms with Crippen LogP contribution < -0.4 is 5.32 Å². The van der Waals surface area contributed by atoms with Crippen LogP contribution in [0.25, 0.3) is 21.8 Å². The molecule has 0 spiro atoms. The van der Waals surface area contributed by atoms with Crippen molar-refractivity contribution in [3.63, 3.8) is 0 Å². The van der Waals surface area contributed by atoms with E-state index < -0.39 is 12.1 Å². The molecule has 1 atom stereocenters. The van der Waals surface area contributed by atoms with E-state index in [0.717, 1.165) is 21.8 Å². The van der Waals surface area contributed by atoms with E-state index in [1.807, 2.05) is 66.7 Å². The molecule has 4 rings (SSSR count). The second kappa shape index (κ2) is 8.92. The Morgan fingerprint density at radius 1 is 1.00 bits per heavy atom. The van der Waals surface area contributed by atoms with Gasteiger partial charge in [0.25, 0.3) is 5.91 Å². The molecular formula is C23H19N3O3S. The SMILES string of the molecule is CC(OC(=O)CSc1cnc2ccccc2n1)C(=O)Nc1ccc2ccccc2c1. The van der Waals surface area contributed by atoms with E-state index in [1.165, 1.54) is 11.8 Å². The summed E-state index contributed by atoms with van der Waals surface area (Å²) in [6.07, 6.45) is 0.711. The second-order valence-electron chi connectivity index (χ2n) is 6.67. The zero-order chi connectivity index (χ0) is 20.9.